The number of benzene rings is 3. The third-order valence-electron chi connectivity index (χ3n) is 5.26. The van der Waals surface area contributed by atoms with Crippen molar-refractivity contribution in [3.05, 3.63) is 99.6 Å². The van der Waals surface area contributed by atoms with Gasteiger partial charge in [-0.15, -0.1) is 22.7 Å². The van der Waals surface area contributed by atoms with E-state index in [4.69, 9.17) is 0 Å². The number of hydrogen-bond donors (Lipinski definition) is 2. The third kappa shape index (κ3) is 3.49. The van der Waals surface area contributed by atoms with Crippen molar-refractivity contribution in [3.63, 3.8) is 0 Å². The van der Waals surface area contributed by atoms with Crippen molar-refractivity contribution < 1.29 is 19.8 Å². The van der Waals surface area contributed by atoms with Crippen molar-refractivity contribution in [1.29, 1.82) is 0 Å². The van der Waals surface area contributed by atoms with Gasteiger partial charge in [0.1, 0.15) is 10.6 Å². The van der Waals surface area contributed by atoms with Crippen LogP contribution in [-0.4, -0.2) is 22.0 Å². The first-order chi connectivity index (χ1) is 15.5. The molecule has 0 aliphatic rings. The number of phenolic OH excluding ortho intramolecular Hbond substituents is 1. The highest BCUT2D eigenvalue weighted by molar-refractivity contribution is 7.21. The molecule has 0 saturated heterocycles. The van der Waals surface area contributed by atoms with Crippen LogP contribution in [0.2, 0.25) is 0 Å². The molecule has 6 heteroatoms. The molecule has 0 amide bonds. The summed E-state index contributed by atoms with van der Waals surface area (Å²) in [6.45, 7) is 0. The maximum atomic E-state index is 13.4. The molecule has 0 aliphatic carbocycles. The van der Waals surface area contributed by atoms with E-state index in [1.807, 2.05) is 48.5 Å². The molecule has 0 atom stereocenters. The van der Waals surface area contributed by atoms with Crippen molar-refractivity contribution in [2.75, 3.05) is 0 Å². The van der Waals surface area contributed by atoms with Gasteiger partial charge in [-0.3, -0.25) is 4.79 Å². The van der Waals surface area contributed by atoms with Crippen LogP contribution in [0.3, 0.4) is 0 Å². The molecule has 32 heavy (non-hydrogen) atoms. The number of hydrogen-bond acceptors (Lipinski definition) is 5. The lowest BCUT2D eigenvalue weighted by Gasteiger charge is -2.07. The maximum Gasteiger partial charge on any atom is 0.346 e. The average Bonchev–Trinajstić information content (AvgIpc) is 3.44. The number of carboxylic acids is 1. The van der Waals surface area contributed by atoms with E-state index in [0.29, 0.717) is 20.9 Å². The highest BCUT2D eigenvalue weighted by Crippen LogP contribution is 2.42. The van der Waals surface area contributed by atoms with E-state index in [0.717, 1.165) is 26.8 Å². The molecular weight excluding hydrogens is 440 g/mol. The molecule has 4 nitrogen and oxygen atoms in total. The minimum atomic E-state index is -0.946. The Morgan fingerprint density at radius 2 is 1.50 bits per heavy atom. The van der Waals surface area contributed by atoms with Crippen molar-refractivity contribution >= 4 is 44.5 Å². The van der Waals surface area contributed by atoms with E-state index in [-0.39, 0.29) is 11.5 Å². The van der Waals surface area contributed by atoms with Gasteiger partial charge in [0, 0.05) is 26.8 Å². The Balaban J connectivity index is 1.65. The fourth-order valence-corrected chi connectivity index (χ4v) is 5.75. The number of fused-ring (bicyclic) bond motifs is 1. The molecule has 0 fully saturated rings. The SMILES string of the molecule is O=C(O)c1sccc1-c1ccc(-c2c(C(=O)c3ccccc3)sc3cc(O)ccc23)cc1. The third-order valence-corrected chi connectivity index (χ3v) is 7.31. The Morgan fingerprint density at radius 1 is 0.781 bits per heavy atom. The van der Waals surface area contributed by atoms with Gasteiger partial charge in [0.15, 0.2) is 0 Å². The fraction of sp³-hybridized carbons (Fsp3) is 0. The number of thiophene rings is 2. The normalized spacial score (nSPS) is 11.0. The number of rotatable bonds is 5. The second kappa shape index (κ2) is 8.07. The molecule has 5 rings (SSSR count). The summed E-state index contributed by atoms with van der Waals surface area (Å²) in [7, 11) is 0. The summed E-state index contributed by atoms with van der Waals surface area (Å²) in [5.74, 6) is -0.868. The molecule has 2 heterocycles. The minimum Gasteiger partial charge on any atom is -0.508 e. The van der Waals surface area contributed by atoms with Crippen LogP contribution in [0.4, 0.5) is 0 Å². The molecule has 156 valence electrons. The van der Waals surface area contributed by atoms with E-state index in [9.17, 15) is 19.8 Å². The molecule has 0 aliphatic heterocycles. The number of carbonyl (C=O) groups is 2. The minimum absolute atomic E-state index is 0.0728. The Morgan fingerprint density at radius 3 is 2.22 bits per heavy atom. The van der Waals surface area contributed by atoms with Crippen molar-refractivity contribution in [1.82, 2.24) is 0 Å². The monoisotopic (exact) mass is 456 g/mol. The highest BCUT2D eigenvalue weighted by Gasteiger charge is 2.22. The van der Waals surface area contributed by atoms with Gasteiger partial charge >= 0.3 is 5.97 Å². The summed E-state index contributed by atoms with van der Waals surface area (Å²) < 4.78 is 0.828. The summed E-state index contributed by atoms with van der Waals surface area (Å²) >= 11 is 2.55. The van der Waals surface area contributed by atoms with Crippen LogP contribution in [-0.2, 0) is 0 Å². The van der Waals surface area contributed by atoms with Crippen LogP contribution in [0.15, 0.2) is 84.2 Å². The Hall–Kier alpha value is -3.74. The van der Waals surface area contributed by atoms with E-state index in [1.54, 1.807) is 35.7 Å². The molecular formula is C26H16O4S2. The zero-order chi connectivity index (χ0) is 22.2. The molecule has 0 radical (unpaired) electrons. The van der Waals surface area contributed by atoms with Gasteiger partial charge < -0.3 is 10.2 Å². The molecule has 0 saturated carbocycles. The predicted octanol–water partition coefficient (Wildman–Crippen LogP) is 6.93. The standard InChI is InChI=1S/C26H16O4S2/c27-18-10-11-20-21(14-18)32-25(23(28)17-4-2-1-3-5-17)22(20)16-8-6-15(7-9-16)19-12-13-31-24(19)26(29)30/h1-14,27H,(H,29,30). The van der Waals surface area contributed by atoms with E-state index >= 15 is 0 Å². The van der Waals surface area contributed by atoms with Crippen LogP contribution in [0.5, 0.6) is 5.75 Å². The number of aromatic carboxylic acids is 1. The molecule has 2 N–H and O–H groups in total. The molecule has 0 bridgehead atoms. The summed E-state index contributed by atoms with van der Waals surface area (Å²) in [6, 6.07) is 23.6. The Kier molecular flexibility index (Phi) is 5.09. The van der Waals surface area contributed by atoms with Gasteiger partial charge in [-0.05, 0) is 40.8 Å². The molecule has 0 unspecified atom stereocenters. The van der Waals surface area contributed by atoms with Crippen molar-refractivity contribution in [3.8, 4) is 28.0 Å². The summed E-state index contributed by atoms with van der Waals surface area (Å²) in [5.41, 5.74) is 3.76. The number of carboxylic acid groups (broad SMARTS) is 1. The van der Waals surface area contributed by atoms with Gasteiger partial charge in [-0.2, -0.15) is 0 Å². The summed E-state index contributed by atoms with van der Waals surface area (Å²) in [4.78, 5) is 25.7. The van der Waals surface area contributed by atoms with E-state index < -0.39 is 5.97 Å². The van der Waals surface area contributed by atoms with Crippen molar-refractivity contribution in [2.45, 2.75) is 0 Å². The van der Waals surface area contributed by atoms with Crippen LogP contribution in [0.25, 0.3) is 32.3 Å². The summed E-state index contributed by atoms with van der Waals surface area (Å²) in [5, 5.41) is 22.0. The zero-order valence-corrected chi connectivity index (χ0v) is 18.2. The molecule has 3 aromatic carbocycles. The smallest absolute Gasteiger partial charge is 0.346 e. The first kappa shape index (κ1) is 20.2. The second-order valence-electron chi connectivity index (χ2n) is 7.23. The van der Waals surface area contributed by atoms with Crippen LogP contribution in [0.1, 0.15) is 24.9 Å². The van der Waals surface area contributed by atoms with Crippen LogP contribution < -0.4 is 0 Å². The first-order valence-electron chi connectivity index (χ1n) is 9.80. The maximum absolute atomic E-state index is 13.4. The lowest BCUT2D eigenvalue weighted by molar-refractivity contribution is 0.0702. The summed E-state index contributed by atoms with van der Waals surface area (Å²) in [6.07, 6.45) is 0. The van der Waals surface area contributed by atoms with Crippen LogP contribution >= 0.6 is 22.7 Å². The lowest BCUT2D eigenvalue weighted by atomic mass is 9.96. The largest absolute Gasteiger partial charge is 0.508 e. The average molecular weight is 457 g/mol. The van der Waals surface area contributed by atoms with E-state index in [1.165, 1.54) is 22.7 Å². The topological polar surface area (TPSA) is 74.6 Å². The Bertz CT molecular complexity index is 1460. The van der Waals surface area contributed by atoms with Gasteiger partial charge in [-0.25, -0.2) is 4.79 Å². The number of ketones is 1. The number of aromatic hydroxyl groups is 1. The zero-order valence-electron chi connectivity index (χ0n) is 16.6. The first-order valence-corrected chi connectivity index (χ1v) is 11.5. The Labute approximate surface area is 191 Å². The van der Waals surface area contributed by atoms with Crippen LogP contribution in [0, 0.1) is 0 Å². The molecule has 2 aromatic heterocycles. The molecule has 5 aromatic rings. The van der Waals surface area contributed by atoms with Gasteiger partial charge in [0.2, 0.25) is 5.78 Å². The second-order valence-corrected chi connectivity index (χ2v) is 9.20. The highest BCUT2D eigenvalue weighted by atomic mass is 32.1. The van der Waals surface area contributed by atoms with Gasteiger partial charge in [-0.1, -0.05) is 54.6 Å². The van der Waals surface area contributed by atoms with E-state index in [2.05, 4.69) is 0 Å². The molecule has 0 spiro atoms. The van der Waals surface area contributed by atoms with Crippen molar-refractivity contribution in [2.24, 2.45) is 0 Å². The predicted molar refractivity (Wildman–Crippen MR) is 129 cm³/mol. The fourth-order valence-electron chi connectivity index (χ4n) is 3.77. The number of phenols is 1. The lowest BCUT2D eigenvalue weighted by Crippen LogP contribution is -2.00. The number of carbonyl (C=O) groups excluding carboxylic acids is 1. The quantitative estimate of drug-likeness (QED) is 0.281. The van der Waals surface area contributed by atoms with Gasteiger partial charge in [0.05, 0.1) is 4.88 Å². The van der Waals surface area contributed by atoms with Gasteiger partial charge in [0.25, 0.3) is 0 Å².